The number of fused-ring (bicyclic) bond motifs is 1. The van der Waals surface area contributed by atoms with Gasteiger partial charge in [0.25, 0.3) is 5.91 Å². The highest BCUT2D eigenvalue weighted by Crippen LogP contribution is 2.29. The van der Waals surface area contributed by atoms with Gasteiger partial charge in [0, 0.05) is 36.2 Å². The van der Waals surface area contributed by atoms with Crippen molar-refractivity contribution >= 4 is 67.3 Å². The highest BCUT2D eigenvalue weighted by Gasteiger charge is 2.20. The van der Waals surface area contributed by atoms with Crippen LogP contribution >= 0.6 is 28.1 Å². The van der Waals surface area contributed by atoms with Gasteiger partial charge >= 0.3 is 5.97 Å². The zero-order valence-electron chi connectivity index (χ0n) is 18.9. The molecule has 1 amide bonds. The first kappa shape index (κ1) is 24.1. The van der Waals surface area contributed by atoms with Gasteiger partial charge in [-0.1, -0.05) is 40.2 Å². The molecule has 0 spiro atoms. The lowest BCUT2D eigenvalue weighted by molar-refractivity contribution is 0.0600. The molecule has 1 aliphatic rings. The molecule has 1 saturated heterocycles. The number of amides is 1. The molecule has 7 nitrogen and oxygen atoms in total. The van der Waals surface area contributed by atoms with Crippen LogP contribution in [-0.2, 0) is 4.74 Å². The Hall–Kier alpha value is -3.01. The molecule has 2 N–H and O–H groups in total. The zero-order valence-corrected chi connectivity index (χ0v) is 21.3. The molecule has 1 aliphatic heterocycles. The predicted octanol–water partition coefficient (Wildman–Crippen LogP) is 4.27. The molecule has 1 heterocycles. The van der Waals surface area contributed by atoms with Gasteiger partial charge in [0.2, 0.25) is 0 Å². The van der Waals surface area contributed by atoms with E-state index < -0.39 is 5.97 Å². The average Bonchev–Trinajstić information content (AvgIpc) is 2.84. The third-order valence-corrected chi connectivity index (χ3v) is 6.75. The number of hydrogen-bond acceptors (Lipinski definition) is 6. The van der Waals surface area contributed by atoms with Gasteiger partial charge in [0.15, 0.2) is 5.11 Å². The fourth-order valence-corrected chi connectivity index (χ4v) is 4.70. The maximum atomic E-state index is 13.1. The molecule has 1 fully saturated rings. The van der Waals surface area contributed by atoms with Gasteiger partial charge in [0.05, 0.1) is 24.0 Å². The van der Waals surface area contributed by atoms with E-state index >= 15 is 0 Å². The number of thiocarbonyl (C=S) groups is 1. The van der Waals surface area contributed by atoms with E-state index in [0.29, 0.717) is 16.8 Å². The molecule has 4 rings (SSSR count). The van der Waals surface area contributed by atoms with Gasteiger partial charge in [-0.05, 0) is 60.4 Å². The number of piperazine rings is 1. The molecule has 0 aromatic heterocycles. The van der Waals surface area contributed by atoms with Crippen molar-refractivity contribution in [3.05, 3.63) is 70.2 Å². The summed E-state index contributed by atoms with van der Waals surface area (Å²) in [6, 6.07) is 16.6. The quantitative estimate of drug-likeness (QED) is 0.378. The van der Waals surface area contributed by atoms with Crippen LogP contribution in [0.25, 0.3) is 10.8 Å². The minimum absolute atomic E-state index is 0.148. The summed E-state index contributed by atoms with van der Waals surface area (Å²) in [5.74, 6) is -0.754. The first-order valence-electron chi connectivity index (χ1n) is 10.8. The smallest absolute Gasteiger partial charge is 0.337 e. The fourth-order valence-electron chi connectivity index (χ4n) is 4.00. The first-order chi connectivity index (χ1) is 16.4. The number of ether oxygens (including phenoxy) is 1. The minimum Gasteiger partial charge on any atom is -0.465 e. The van der Waals surface area contributed by atoms with Crippen LogP contribution in [0.4, 0.5) is 11.4 Å². The Morgan fingerprint density at radius 1 is 1.00 bits per heavy atom. The van der Waals surface area contributed by atoms with Gasteiger partial charge in [-0.3, -0.25) is 10.1 Å². The third kappa shape index (κ3) is 5.22. The number of nitrogens with zero attached hydrogens (tertiary/aromatic N) is 2. The van der Waals surface area contributed by atoms with Gasteiger partial charge in [0.1, 0.15) is 0 Å². The molecule has 0 unspecified atom stereocenters. The molecule has 0 aliphatic carbocycles. The summed E-state index contributed by atoms with van der Waals surface area (Å²) in [7, 11) is 3.44. The van der Waals surface area contributed by atoms with Crippen LogP contribution in [0, 0.1) is 0 Å². The van der Waals surface area contributed by atoms with Crippen molar-refractivity contribution in [2.45, 2.75) is 0 Å². The van der Waals surface area contributed by atoms with E-state index in [4.69, 9.17) is 17.0 Å². The van der Waals surface area contributed by atoms with Crippen LogP contribution in [-0.4, -0.2) is 62.2 Å². The second-order valence-electron chi connectivity index (χ2n) is 8.06. The molecule has 3 aromatic carbocycles. The highest BCUT2D eigenvalue weighted by atomic mass is 79.9. The molecule has 0 radical (unpaired) electrons. The van der Waals surface area contributed by atoms with E-state index in [9.17, 15) is 9.59 Å². The van der Waals surface area contributed by atoms with Crippen molar-refractivity contribution in [2.75, 3.05) is 50.6 Å². The summed E-state index contributed by atoms with van der Waals surface area (Å²) in [6.45, 7) is 3.53. The zero-order chi connectivity index (χ0) is 24.2. The second kappa shape index (κ2) is 10.5. The number of rotatable bonds is 4. The molecule has 0 bridgehead atoms. The Morgan fingerprint density at radius 2 is 1.71 bits per heavy atom. The van der Waals surface area contributed by atoms with Gasteiger partial charge < -0.3 is 19.9 Å². The maximum absolute atomic E-state index is 13.1. The molecule has 0 atom stereocenters. The largest absolute Gasteiger partial charge is 0.465 e. The van der Waals surface area contributed by atoms with Crippen molar-refractivity contribution < 1.29 is 14.3 Å². The summed E-state index contributed by atoms with van der Waals surface area (Å²) in [5, 5.41) is 7.82. The Balaban J connectivity index is 1.57. The number of hydrogen-bond donors (Lipinski definition) is 2. The number of anilines is 2. The fraction of sp³-hybridized carbons (Fsp3) is 0.240. The van der Waals surface area contributed by atoms with E-state index in [1.807, 2.05) is 36.4 Å². The third-order valence-electron chi connectivity index (χ3n) is 5.85. The Bertz CT molecular complexity index is 1260. The van der Waals surface area contributed by atoms with Crippen molar-refractivity contribution in [3.8, 4) is 0 Å². The van der Waals surface area contributed by atoms with Crippen LogP contribution in [0.1, 0.15) is 20.7 Å². The molecular weight excluding hydrogens is 516 g/mol. The number of carbonyl (C=O) groups excluding carboxylic acids is 2. The monoisotopic (exact) mass is 540 g/mol. The number of esters is 1. The van der Waals surface area contributed by atoms with Crippen LogP contribution in [0.2, 0.25) is 0 Å². The van der Waals surface area contributed by atoms with Crippen molar-refractivity contribution in [3.63, 3.8) is 0 Å². The molecular formula is C25H25BrN4O3S. The van der Waals surface area contributed by atoms with Gasteiger partial charge in [-0.15, -0.1) is 0 Å². The number of methoxy groups -OCH3 is 1. The normalized spacial score (nSPS) is 14.0. The lowest BCUT2D eigenvalue weighted by atomic mass is 10.0. The van der Waals surface area contributed by atoms with Crippen molar-refractivity contribution in [1.29, 1.82) is 0 Å². The van der Waals surface area contributed by atoms with Crippen LogP contribution in [0.3, 0.4) is 0 Å². The SMILES string of the molecule is COC(=O)c1ccc(N2CCN(C)CC2)c(NC(=S)NC(=O)c2cccc3c(Br)cccc23)c1. The summed E-state index contributed by atoms with van der Waals surface area (Å²) < 4.78 is 5.79. The van der Waals surface area contributed by atoms with Crippen LogP contribution in [0.15, 0.2) is 59.1 Å². The minimum atomic E-state index is -0.440. The molecule has 9 heteroatoms. The van der Waals surface area contributed by atoms with E-state index in [1.54, 1.807) is 18.2 Å². The van der Waals surface area contributed by atoms with E-state index in [2.05, 4.69) is 43.4 Å². The highest BCUT2D eigenvalue weighted by molar-refractivity contribution is 9.10. The number of nitrogens with one attached hydrogen (secondary N) is 2. The number of halogens is 1. The first-order valence-corrected chi connectivity index (χ1v) is 12.0. The molecule has 176 valence electrons. The van der Waals surface area contributed by atoms with E-state index in [0.717, 1.165) is 47.1 Å². The van der Waals surface area contributed by atoms with E-state index in [-0.39, 0.29) is 11.0 Å². The topological polar surface area (TPSA) is 73.9 Å². The Labute approximate surface area is 212 Å². The van der Waals surface area contributed by atoms with Gasteiger partial charge in [-0.2, -0.15) is 0 Å². The lowest BCUT2D eigenvalue weighted by Crippen LogP contribution is -2.45. The molecule has 0 saturated carbocycles. The van der Waals surface area contributed by atoms with Gasteiger partial charge in [-0.25, -0.2) is 4.79 Å². The predicted molar refractivity (Wildman–Crippen MR) is 143 cm³/mol. The number of benzene rings is 3. The maximum Gasteiger partial charge on any atom is 0.337 e. The van der Waals surface area contributed by atoms with Crippen molar-refractivity contribution in [1.82, 2.24) is 10.2 Å². The second-order valence-corrected chi connectivity index (χ2v) is 9.33. The van der Waals surface area contributed by atoms with E-state index in [1.165, 1.54) is 7.11 Å². The molecule has 3 aromatic rings. The average molecular weight is 541 g/mol. The summed E-state index contributed by atoms with van der Waals surface area (Å²) in [4.78, 5) is 29.7. The Kier molecular flexibility index (Phi) is 7.45. The number of likely N-dealkylation sites (N-methyl/N-ethyl adjacent to an activating group) is 1. The number of carbonyl (C=O) groups is 2. The lowest BCUT2D eigenvalue weighted by Gasteiger charge is -2.35. The van der Waals surface area contributed by atoms with Crippen LogP contribution in [0.5, 0.6) is 0 Å². The standard InChI is InChI=1S/C25H25BrN4O3S/c1-29-11-13-30(14-12-29)22-10-9-16(24(32)33-2)15-21(22)27-25(34)28-23(31)19-7-3-6-18-17(19)5-4-8-20(18)26/h3-10,15H,11-14H2,1-2H3,(H2,27,28,31,34). The summed E-state index contributed by atoms with van der Waals surface area (Å²) in [6.07, 6.45) is 0. The summed E-state index contributed by atoms with van der Waals surface area (Å²) >= 11 is 9.02. The summed E-state index contributed by atoms with van der Waals surface area (Å²) in [5.41, 5.74) is 2.46. The Morgan fingerprint density at radius 3 is 2.44 bits per heavy atom. The molecule has 34 heavy (non-hydrogen) atoms. The van der Waals surface area contributed by atoms with Crippen LogP contribution < -0.4 is 15.5 Å². The van der Waals surface area contributed by atoms with Crippen molar-refractivity contribution in [2.24, 2.45) is 0 Å².